The van der Waals surface area contributed by atoms with Crippen LogP contribution in [0.4, 0.5) is 0 Å². The van der Waals surface area contributed by atoms with Crippen molar-refractivity contribution in [3.8, 4) is 5.75 Å². The molecule has 48 heteroatoms. The number of nitrogens with one attached hydrogen (secondary N) is 12. The van der Waals surface area contributed by atoms with Crippen LogP contribution in [0.25, 0.3) is 0 Å². The molecule has 1 aromatic carbocycles. The van der Waals surface area contributed by atoms with Gasteiger partial charge in [-0.1, -0.05) is 31.9 Å². The maximum absolute atomic E-state index is 14.6. The summed E-state index contributed by atoms with van der Waals surface area (Å²) in [7, 11) is 0. The molecule has 14 atom stereocenters. The van der Waals surface area contributed by atoms with Crippen LogP contribution in [0.3, 0.4) is 0 Å². The maximum Gasteiger partial charge on any atom is 0.326 e. The van der Waals surface area contributed by atoms with Crippen molar-refractivity contribution in [1.82, 2.24) is 63.8 Å². The first kappa shape index (κ1) is 102. The molecule has 0 unspecified atom stereocenters. The molecular formula is C67H121N29O17S2. The van der Waals surface area contributed by atoms with Gasteiger partial charge in [-0.2, -0.15) is 25.3 Å². The Hall–Kier alpha value is -10.8. The summed E-state index contributed by atoms with van der Waals surface area (Å²) in [5.41, 5.74) is 73.5. The van der Waals surface area contributed by atoms with Crippen LogP contribution < -0.4 is 138 Å². The number of guanidine groups is 4. The van der Waals surface area contributed by atoms with Gasteiger partial charge in [0.1, 0.15) is 78.3 Å². The molecule has 0 bridgehead atoms. The van der Waals surface area contributed by atoms with Crippen molar-refractivity contribution in [1.29, 1.82) is 0 Å². The van der Waals surface area contributed by atoms with E-state index in [4.69, 9.17) is 74.5 Å². The van der Waals surface area contributed by atoms with Crippen molar-refractivity contribution in [3.63, 3.8) is 0 Å². The summed E-state index contributed by atoms with van der Waals surface area (Å²) in [6, 6.07) is -14.5. The van der Waals surface area contributed by atoms with Gasteiger partial charge in [-0.15, -0.1) is 0 Å². The summed E-state index contributed by atoms with van der Waals surface area (Å²) in [5, 5.41) is 60.4. The number of benzene rings is 1. The average molecular weight is 1670 g/mol. The normalized spacial score (nSPS) is 14.6. The second kappa shape index (κ2) is 56.4. The summed E-state index contributed by atoms with van der Waals surface area (Å²) in [5.74, 6) is -16.8. The van der Waals surface area contributed by atoms with Gasteiger partial charge in [0.15, 0.2) is 23.8 Å². The van der Waals surface area contributed by atoms with Gasteiger partial charge in [-0.25, -0.2) is 4.79 Å². The van der Waals surface area contributed by atoms with E-state index in [1.807, 2.05) is 6.92 Å². The molecular weight excluding hydrogens is 1550 g/mol. The molecule has 0 aliphatic carbocycles. The lowest BCUT2D eigenvalue weighted by Gasteiger charge is -2.29. The summed E-state index contributed by atoms with van der Waals surface area (Å²) in [6.07, 6.45) is -2.20. The summed E-state index contributed by atoms with van der Waals surface area (Å²) in [4.78, 5) is 209. The highest BCUT2D eigenvalue weighted by atomic mass is 32.1. The Kier molecular flexibility index (Phi) is 50.1. The Morgan fingerprint density at radius 3 is 1.03 bits per heavy atom. The van der Waals surface area contributed by atoms with E-state index in [0.717, 1.165) is 6.92 Å². The lowest BCUT2D eigenvalue weighted by molar-refractivity contribution is -0.142. The number of nitrogens with zero attached hydrogens (tertiary/aromatic N) is 4. The summed E-state index contributed by atoms with van der Waals surface area (Å²) >= 11 is 8.50. The van der Waals surface area contributed by atoms with Crippen molar-refractivity contribution in [2.45, 2.75) is 214 Å². The predicted octanol–water partition coefficient (Wildman–Crippen LogP) is -11.5. The Labute approximate surface area is 676 Å². The van der Waals surface area contributed by atoms with Gasteiger partial charge in [-0.05, 0) is 134 Å². The van der Waals surface area contributed by atoms with E-state index >= 15 is 0 Å². The predicted molar refractivity (Wildman–Crippen MR) is 433 cm³/mol. The summed E-state index contributed by atoms with van der Waals surface area (Å²) < 4.78 is 0. The number of thiol groups is 2. The smallest absolute Gasteiger partial charge is 0.326 e. The van der Waals surface area contributed by atoms with E-state index < -0.39 is 185 Å². The molecule has 648 valence electrons. The minimum absolute atomic E-state index is 0.0304. The minimum Gasteiger partial charge on any atom is -0.508 e. The van der Waals surface area contributed by atoms with Gasteiger partial charge in [0.25, 0.3) is 0 Å². The number of phenols is 1. The van der Waals surface area contributed by atoms with Crippen LogP contribution in [0.1, 0.15) is 129 Å². The number of carboxylic acid groups (broad SMARTS) is 1. The number of aliphatic imine (C=N–C) groups is 4. The van der Waals surface area contributed by atoms with E-state index in [-0.39, 0.29) is 165 Å². The Balaban J connectivity index is 3.67. The van der Waals surface area contributed by atoms with Crippen LogP contribution in [0.15, 0.2) is 44.2 Å². The summed E-state index contributed by atoms with van der Waals surface area (Å²) in [6.45, 7) is 2.50. The number of nitrogens with two attached hydrogens (primary N) is 13. The number of aliphatic hydroxyl groups excluding tert-OH is 1. The Bertz CT molecular complexity index is 3440. The molecule has 0 saturated heterocycles. The molecule has 0 aliphatic rings. The zero-order valence-corrected chi connectivity index (χ0v) is 66.5. The molecule has 41 N–H and O–H groups in total. The largest absolute Gasteiger partial charge is 0.508 e. The van der Waals surface area contributed by atoms with Crippen LogP contribution in [0.2, 0.25) is 0 Å². The van der Waals surface area contributed by atoms with Gasteiger partial charge in [0, 0.05) is 44.1 Å². The number of carbonyl (C=O) groups is 14. The number of primary amides is 1. The molecule has 1 aromatic rings. The average Bonchev–Trinajstić information content (AvgIpc) is 0.849. The molecule has 0 spiro atoms. The number of hydrogen-bond acceptors (Lipinski definition) is 26. The van der Waals surface area contributed by atoms with Gasteiger partial charge >= 0.3 is 5.97 Å². The number of carboxylic acids is 1. The maximum atomic E-state index is 14.6. The highest BCUT2D eigenvalue weighted by molar-refractivity contribution is 7.80. The van der Waals surface area contributed by atoms with Crippen molar-refractivity contribution >= 4 is 132 Å². The van der Waals surface area contributed by atoms with Gasteiger partial charge in [0.05, 0.1) is 18.6 Å². The SMILES string of the molecule is CCCC[C@H](NC(=O)[C@H](CCCN=C(N)N)NC(=O)[C@H](CCN)NC(=O)[C@H](CS)NC(=O)[C@H](CCCCN)NC(=O)[C@@H](CCN)NC(=O)[C@@H](NC(=O)[C@H](CCCN=C(N)N)NC(=O)[C@H](CCCN=C(N)N)NC(=O)[C@H](CC(N)=O)NC(=O)[C@H](CS)NC(=O)[C@H](Cc1ccc(O)cc1)NC(=O)[C@@H](N)CCCN=C(N)N)[C@@H](C)O)C(=O)O. The fourth-order valence-electron chi connectivity index (χ4n) is 10.8. The van der Waals surface area contributed by atoms with Crippen LogP contribution in [-0.4, -0.2) is 264 Å². The van der Waals surface area contributed by atoms with Gasteiger partial charge in [-0.3, -0.25) is 82.3 Å². The number of aromatic hydroxyl groups is 1. The van der Waals surface area contributed by atoms with Crippen LogP contribution >= 0.6 is 25.3 Å². The number of unbranched alkanes of at least 4 members (excludes halogenated alkanes) is 2. The first-order valence-corrected chi connectivity index (χ1v) is 38.5. The monoisotopic (exact) mass is 1670 g/mol. The van der Waals surface area contributed by atoms with Crippen LogP contribution in [0, 0.1) is 0 Å². The van der Waals surface area contributed by atoms with E-state index in [1.165, 1.54) is 24.3 Å². The number of aliphatic carboxylic acids is 1. The number of carbonyl (C=O) groups excluding carboxylic acids is 13. The molecule has 0 radical (unpaired) electrons. The fourth-order valence-corrected chi connectivity index (χ4v) is 11.3. The van der Waals surface area contributed by atoms with Gasteiger partial charge < -0.3 is 154 Å². The van der Waals surface area contributed by atoms with Crippen molar-refractivity contribution in [2.24, 2.45) is 94.5 Å². The zero-order valence-electron chi connectivity index (χ0n) is 64.7. The molecule has 0 fully saturated rings. The van der Waals surface area contributed by atoms with E-state index in [1.54, 1.807) is 0 Å². The molecule has 0 aliphatic heterocycles. The highest BCUT2D eigenvalue weighted by Gasteiger charge is 2.38. The molecule has 1 rings (SSSR count). The zero-order chi connectivity index (χ0) is 86.9. The number of amides is 13. The standard InChI is InChI=1S/C67H121N29O17S2/c1-3-4-12-44(63(112)113)91-53(102)40(15-9-28-83-66(77)78)86-55(104)42(21-24-69)89-60(109)47(32-114)94-54(103)38(13-5-6-23-68)85-56(105)43(22-25-70)90-62(111)50(34(2)97)96-57(106)41(16-10-29-84-67(79)80)87-52(101)39(14-8-27-82-65(75)76)88-59(108)46(31-49(72)99)93-61(110)48(33-115)95-58(107)45(30-35-17-19-36(98)20-18-35)92-51(100)37(71)11-7-26-81-64(73)74/h17-20,34,37-48,50,97-98,114-115H,3-16,21-33,68-71H2,1-2H3,(H2,72,99)(H,85,105)(H,86,104)(H,87,101)(H,88,108)(H,89,109)(H,90,111)(H,91,102)(H,92,100)(H,93,110)(H,94,103)(H,95,107)(H,96,106)(H,112,113)(H4,73,74,81)(H4,75,76,82)(H4,77,78,83)(H4,79,80,84)/t34-,37+,38+,39+,40+,41+,42+,43-,44+,45+,46+,47+,48+,50+/m1/s1. The molecule has 0 aromatic heterocycles. The van der Waals surface area contributed by atoms with E-state index in [9.17, 15) is 82.4 Å². The van der Waals surface area contributed by atoms with Crippen molar-refractivity contribution in [3.05, 3.63) is 29.8 Å². The number of aliphatic hydroxyl groups is 1. The third-order valence-electron chi connectivity index (χ3n) is 17.0. The molecule has 0 saturated carbocycles. The van der Waals surface area contributed by atoms with Crippen LogP contribution in [-0.2, 0) is 73.5 Å². The van der Waals surface area contributed by atoms with Crippen LogP contribution in [0.5, 0.6) is 5.75 Å². The topological polar surface area (TPSA) is 832 Å². The van der Waals surface area contributed by atoms with Crippen molar-refractivity contribution < 1.29 is 82.4 Å². The molecule has 13 amide bonds. The van der Waals surface area contributed by atoms with Gasteiger partial charge in [0.2, 0.25) is 76.8 Å². The Morgan fingerprint density at radius 2 is 0.678 bits per heavy atom. The third kappa shape index (κ3) is 42.2. The quantitative estimate of drug-likeness (QED) is 0.0125. The second-order valence-corrected chi connectivity index (χ2v) is 27.4. The van der Waals surface area contributed by atoms with Crippen molar-refractivity contribution in [2.75, 3.05) is 57.3 Å². The number of phenolic OH excluding ortho intramolecular Hbond substituents is 1. The first-order chi connectivity index (χ1) is 54.4. The minimum atomic E-state index is -1.94. The number of hydrogen-bond donors (Lipinski definition) is 30. The second-order valence-electron chi connectivity index (χ2n) is 26.6. The Morgan fingerprint density at radius 1 is 0.374 bits per heavy atom. The lowest BCUT2D eigenvalue weighted by Crippen LogP contribution is -2.62. The first-order valence-electron chi connectivity index (χ1n) is 37.3. The number of rotatable bonds is 59. The molecule has 46 nitrogen and oxygen atoms in total. The lowest BCUT2D eigenvalue weighted by atomic mass is 10.0. The molecule has 0 heterocycles. The van der Waals surface area contributed by atoms with E-state index in [2.05, 4.69) is 109 Å². The molecule has 115 heavy (non-hydrogen) atoms. The van der Waals surface area contributed by atoms with E-state index in [0.29, 0.717) is 24.8 Å². The highest BCUT2D eigenvalue weighted by Crippen LogP contribution is 2.15. The third-order valence-corrected chi connectivity index (χ3v) is 17.7. The fraction of sp³-hybridized carbons (Fsp3) is 0.642.